The number of benzene rings is 1. The van der Waals surface area contributed by atoms with Gasteiger partial charge < -0.3 is 9.88 Å². The summed E-state index contributed by atoms with van der Waals surface area (Å²) in [7, 11) is -3.51. The smallest absolute Gasteiger partial charge is 0.243 e. The van der Waals surface area contributed by atoms with Gasteiger partial charge >= 0.3 is 0 Å². The van der Waals surface area contributed by atoms with Gasteiger partial charge in [0.25, 0.3) is 0 Å². The van der Waals surface area contributed by atoms with Gasteiger partial charge in [0.2, 0.25) is 15.8 Å². The highest BCUT2D eigenvalue weighted by molar-refractivity contribution is 7.89. The molecule has 2 N–H and O–H groups in total. The van der Waals surface area contributed by atoms with Crippen molar-refractivity contribution in [3.63, 3.8) is 0 Å². The molecule has 3 rings (SSSR count). The summed E-state index contributed by atoms with van der Waals surface area (Å²) in [4.78, 5) is 28.9. The number of H-pyrrole nitrogens is 1. The SMILES string of the molecule is CC(=O)c1c(C)[nH]c(C(=O)C[NH+]2CCN(S(=O)(=O)c3ccc(C)cc3)CC2)c1C. The molecule has 0 saturated carbocycles. The van der Waals surface area contributed by atoms with E-state index in [4.69, 9.17) is 0 Å². The number of aromatic nitrogens is 1. The Bertz CT molecular complexity index is 1030. The average Bonchev–Trinajstić information content (AvgIpc) is 2.97. The second kappa shape index (κ2) is 8.22. The quantitative estimate of drug-likeness (QED) is 0.683. The van der Waals surface area contributed by atoms with Crippen molar-refractivity contribution in [3.05, 3.63) is 52.3 Å². The number of hydrogen-bond acceptors (Lipinski definition) is 4. The highest BCUT2D eigenvalue weighted by Crippen LogP contribution is 2.19. The van der Waals surface area contributed by atoms with Gasteiger partial charge in [-0.2, -0.15) is 4.31 Å². The van der Waals surface area contributed by atoms with Crippen LogP contribution in [-0.2, 0) is 10.0 Å². The molecule has 1 aromatic heterocycles. The van der Waals surface area contributed by atoms with E-state index in [0.717, 1.165) is 10.5 Å². The lowest BCUT2D eigenvalue weighted by atomic mass is 10.1. The Hall–Kier alpha value is -2.29. The van der Waals surface area contributed by atoms with Crippen LogP contribution in [0.4, 0.5) is 0 Å². The molecule has 0 unspecified atom stereocenters. The number of hydrogen-bond donors (Lipinski definition) is 2. The minimum atomic E-state index is -3.51. The van der Waals surface area contributed by atoms with Gasteiger partial charge in [-0.1, -0.05) is 17.7 Å². The summed E-state index contributed by atoms with van der Waals surface area (Å²) in [6.45, 7) is 9.15. The predicted molar refractivity (Wildman–Crippen MR) is 110 cm³/mol. The van der Waals surface area contributed by atoms with E-state index < -0.39 is 10.0 Å². The Morgan fingerprint density at radius 2 is 1.66 bits per heavy atom. The van der Waals surface area contributed by atoms with E-state index in [-0.39, 0.29) is 18.1 Å². The van der Waals surface area contributed by atoms with Gasteiger partial charge in [0.1, 0.15) is 6.54 Å². The van der Waals surface area contributed by atoms with E-state index in [9.17, 15) is 18.0 Å². The van der Waals surface area contributed by atoms with Crippen LogP contribution in [-0.4, -0.2) is 62.0 Å². The van der Waals surface area contributed by atoms with Crippen LogP contribution in [0.5, 0.6) is 0 Å². The molecule has 8 heteroatoms. The van der Waals surface area contributed by atoms with Crippen molar-refractivity contribution in [1.82, 2.24) is 9.29 Å². The van der Waals surface area contributed by atoms with Gasteiger partial charge in [-0.05, 0) is 45.4 Å². The summed E-state index contributed by atoms with van der Waals surface area (Å²) in [5.41, 5.74) is 3.48. The van der Waals surface area contributed by atoms with Gasteiger partial charge in [0.15, 0.2) is 5.78 Å². The minimum Gasteiger partial charge on any atom is -0.355 e. The Morgan fingerprint density at radius 1 is 1.07 bits per heavy atom. The van der Waals surface area contributed by atoms with Gasteiger partial charge in [0.05, 0.1) is 36.8 Å². The molecule has 0 atom stereocenters. The van der Waals surface area contributed by atoms with Gasteiger partial charge in [-0.15, -0.1) is 0 Å². The lowest BCUT2D eigenvalue weighted by Crippen LogP contribution is -3.15. The van der Waals surface area contributed by atoms with E-state index in [1.165, 1.54) is 11.2 Å². The maximum Gasteiger partial charge on any atom is 0.243 e. The van der Waals surface area contributed by atoms with E-state index in [1.54, 1.807) is 38.1 Å². The molecule has 1 aliphatic heterocycles. The molecule has 156 valence electrons. The van der Waals surface area contributed by atoms with Crippen molar-refractivity contribution in [2.24, 2.45) is 0 Å². The van der Waals surface area contributed by atoms with Crippen LogP contribution in [0.15, 0.2) is 29.2 Å². The number of rotatable bonds is 6. The highest BCUT2D eigenvalue weighted by Gasteiger charge is 2.32. The van der Waals surface area contributed by atoms with Crippen molar-refractivity contribution in [2.45, 2.75) is 32.6 Å². The maximum absolute atomic E-state index is 12.8. The number of aromatic amines is 1. The fourth-order valence-corrected chi connectivity index (χ4v) is 5.39. The molecule has 0 aliphatic carbocycles. The van der Waals surface area contributed by atoms with Crippen molar-refractivity contribution in [1.29, 1.82) is 0 Å². The predicted octanol–water partition coefficient (Wildman–Crippen LogP) is 0.915. The molecule has 0 radical (unpaired) electrons. The zero-order chi connectivity index (χ0) is 21.3. The van der Waals surface area contributed by atoms with Crippen molar-refractivity contribution in [3.8, 4) is 0 Å². The topological polar surface area (TPSA) is 91.8 Å². The first-order valence-electron chi connectivity index (χ1n) is 9.75. The fourth-order valence-electron chi connectivity index (χ4n) is 3.95. The molecule has 1 aliphatic rings. The third-order valence-corrected chi connectivity index (χ3v) is 7.48. The summed E-state index contributed by atoms with van der Waals surface area (Å²) >= 11 is 0. The van der Waals surface area contributed by atoms with E-state index in [1.807, 2.05) is 6.92 Å². The summed E-state index contributed by atoms with van der Waals surface area (Å²) in [5, 5.41) is 0. The molecule has 0 spiro atoms. The van der Waals surface area contributed by atoms with Crippen LogP contribution < -0.4 is 4.90 Å². The number of ketones is 2. The number of carbonyl (C=O) groups excluding carboxylic acids is 2. The minimum absolute atomic E-state index is 0.0528. The molecule has 7 nitrogen and oxygen atoms in total. The van der Waals surface area contributed by atoms with Crippen molar-refractivity contribution in [2.75, 3.05) is 32.7 Å². The lowest BCUT2D eigenvalue weighted by Gasteiger charge is -2.31. The molecular weight excluding hydrogens is 390 g/mol. The monoisotopic (exact) mass is 418 g/mol. The largest absolute Gasteiger partial charge is 0.355 e. The van der Waals surface area contributed by atoms with Crippen LogP contribution in [0.2, 0.25) is 0 Å². The van der Waals surface area contributed by atoms with E-state index >= 15 is 0 Å². The van der Waals surface area contributed by atoms with Crippen molar-refractivity contribution < 1.29 is 22.9 Å². The Labute approximate surface area is 171 Å². The number of Topliss-reactive ketones (excluding diaryl/α,β-unsaturated/α-hetero) is 2. The molecule has 1 aromatic carbocycles. The van der Waals surface area contributed by atoms with Crippen LogP contribution in [0, 0.1) is 20.8 Å². The summed E-state index contributed by atoms with van der Waals surface area (Å²) in [6.07, 6.45) is 0. The number of aryl methyl sites for hydroxylation is 2. The Balaban J connectivity index is 1.64. The summed E-state index contributed by atoms with van der Waals surface area (Å²) < 4.78 is 27.1. The first-order chi connectivity index (χ1) is 13.6. The first kappa shape index (κ1) is 21.4. The van der Waals surface area contributed by atoms with Crippen LogP contribution in [0.1, 0.15) is 44.6 Å². The standard InChI is InChI=1S/C21H27N3O4S/c1-14-5-7-18(8-6-14)29(27,28)24-11-9-23(10-12-24)13-19(26)21-15(2)20(17(4)25)16(3)22-21/h5-8,22H,9-13H2,1-4H3/p+1. The summed E-state index contributed by atoms with van der Waals surface area (Å²) in [5.74, 6) is -0.111. The maximum atomic E-state index is 12.8. The van der Waals surface area contributed by atoms with Crippen LogP contribution >= 0.6 is 0 Å². The number of sulfonamides is 1. The summed E-state index contributed by atoms with van der Waals surface area (Å²) in [6, 6.07) is 6.86. The molecule has 29 heavy (non-hydrogen) atoms. The zero-order valence-electron chi connectivity index (χ0n) is 17.3. The molecule has 1 saturated heterocycles. The molecule has 2 heterocycles. The van der Waals surface area contributed by atoms with Gasteiger partial charge in [-0.3, -0.25) is 9.59 Å². The van der Waals surface area contributed by atoms with Gasteiger partial charge in [0, 0.05) is 11.3 Å². The third-order valence-electron chi connectivity index (χ3n) is 5.57. The molecule has 2 aromatic rings. The normalized spacial score (nSPS) is 16.1. The van der Waals surface area contributed by atoms with Gasteiger partial charge in [-0.25, -0.2) is 8.42 Å². The molecule has 0 bridgehead atoms. The molecule has 0 amide bonds. The molecule has 1 fully saturated rings. The average molecular weight is 419 g/mol. The number of carbonyl (C=O) groups is 2. The Kier molecular flexibility index (Phi) is 6.07. The Morgan fingerprint density at radius 3 is 2.17 bits per heavy atom. The first-order valence-corrected chi connectivity index (χ1v) is 11.2. The number of nitrogens with zero attached hydrogens (tertiary/aromatic N) is 1. The number of piperazine rings is 1. The second-order valence-electron chi connectivity index (χ2n) is 7.75. The lowest BCUT2D eigenvalue weighted by molar-refractivity contribution is -0.895. The van der Waals surface area contributed by atoms with E-state index in [0.29, 0.717) is 53.6 Å². The zero-order valence-corrected chi connectivity index (χ0v) is 18.1. The third kappa shape index (κ3) is 4.34. The van der Waals surface area contributed by atoms with Crippen LogP contribution in [0.3, 0.4) is 0 Å². The number of quaternary nitrogens is 1. The fraction of sp³-hybridized carbons (Fsp3) is 0.429. The van der Waals surface area contributed by atoms with E-state index in [2.05, 4.69) is 4.98 Å². The highest BCUT2D eigenvalue weighted by atomic mass is 32.2. The second-order valence-corrected chi connectivity index (χ2v) is 9.69. The molecular formula is C21H28N3O4S+. The van der Waals surface area contributed by atoms with Crippen molar-refractivity contribution >= 4 is 21.6 Å². The number of nitrogens with one attached hydrogen (secondary N) is 2. The van der Waals surface area contributed by atoms with Crippen LogP contribution in [0.25, 0.3) is 0 Å².